The molecule has 3 rings (SSSR count). The summed E-state index contributed by atoms with van der Waals surface area (Å²) in [7, 11) is 0. The second-order valence-electron chi connectivity index (χ2n) is 5.73. The zero-order valence-electron chi connectivity index (χ0n) is 14.5. The van der Waals surface area contributed by atoms with Crippen molar-refractivity contribution in [2.45, 2.75) is 13.5 Å². The minimum Gasteiger partial charge on any atom is -0.486 e. The maximum absolute atomic E-state index is 12.9. The Bertz CT molecular complexity index is 951. The van der Waals surface area contributed by atoms with E-state index in [0.29, 0.717) is 17.1 Å². The number of halogens is 1. The van der Waals surface area contributed by atoms with Gasteiger partial charge in [-0.25, -0.2) is 4.39 Å². The lowest BCUT2D eigenvalue weighted by Crippen LogP contribution is -2.41. The first-order valence-electron chi connectivity index (χ1n) is 8.16. The minimum atomic E-state index is -0.593. The third-order valence-electron chi connectivity index (χ3n) is 3.76. The smallest absolute Gasteiger partial charge is 0.305 e. The number of furan rings is 1. The maximum atomic E-state index is 12.9. The summed E-state index contributed by atoms with van der Waals surface area (Å²) in [6.07, 6.45) is 0. The van der Waals surface area contributed by atoms with Gasteiger partial charge in [0.15, 0.2) is 5.76 Å². The standard InChI is InChI=1S/C20H17FN2O4/c1-13-4-2-3-5-17(13)19(24)22-23-20(25)18-11-10-16(27-18)12-26-15-8-6-14(21)7-9-15/h2-11H,12H2,1H3,(H,22,24)(H,23,25). The van der Waals surface area contributed by atoms with E-state index in [1.54, 1.807) is 31.2 Å². The van der Waals surface area contributed by atoms with E-state index in [1.165, 1.54) is 30.3 Å². The largest absolute Gasteiger partial charge is 0.486 e. The van der Waals surface area contributed by atoms with Gasteiger partial charge in [-0.3, -0.25) is 20.4 Å². The van der Waals surface area contributed by atoms with Crippen molar-refractivity contribution in [1.82, 2.24) is 10.9 Å². The molecule has 0 bridgehead atoms. The highest BCUT2D eigenvalue weighted by Gasteiger charge is 2.14. The van der Waals surface area contributed by atoms with Crippen LogP contribution in [0.25, 0.3) is 0 Å². The molecule has 0 radical (unpaired) electrons. The first kappa shape index (κ1) is 18.2. The van der Waals surface area contributed by atoms with Crippen LogP contribution >= 0.6 is 0 Å². The van der Waals surface area contributed by atoms with Crippen molar-refractivity contribution in [3.05, 3.63) is 89.1 Å². The van der Waals surface area contributed by atoms with Gasteiger partial charge in [-0.05, 0) is 55.0 Å². The number of rotatable bonds is 5. The Morgan fingerprint density at radius 1 is 0.963 bits per heavy atom. The highest BCUT2D eigenvalue weighted by atomic mass is 19.1. The molecule has 0 fully saturated rings. The van der Waals surface area contributed by atoms with Gasteiger partial charge in [-0.2, -0.15) is 0 Å². The quantitative estimate of drug-likeness (QED) is 0.677. The van der Waals surface area contributed by atoms with E-state index >= 15 is 0 Å². The highest BCUT2D eigenvalue weighted by molar-refractivity contribution is 5.98. The topological polar surface area (TPSA) is 80.6 Å². The lowest BCUT2D eigenvalue weighted by atomic mass is 10.1. The van der Waals surface area contributed by atoms with Gasteiger partial charge < -0.3 is 9.15 Å². The molecule has 0 spiro atoms. The molecule has 27 heavy (non-hydrogen) atoms. The summed E-state index contributed by atoms with van der Waals surface area (Å²) in [6.45, 7) is 1.88. The van der Waals surface area contributed by atoms with Gasteiger partial charge in [-0.1, -0.05) is 18.2 Å². The van der Waals surface area contributed by atoms with Gasteiger partial charge in [0.1, 0.15) is 23.9 Å². The molecule has 1 heterocycles. The summed E-state index contributed by atoms with van der Waals surface area (Å²) in [4.78, 5) is 24.2. The lowest BCUT2D eigenvalue weighted by molar-refractivity contribution is 0.0828. The van der Waals surface area contributed by atoms with Crippen molar-refractivity contribution in [1.29, 1.82) is 0 Å². The van der Waals surface area contributed by atoms with E-state index in [9.17, 15) is 14.0 Å². The van der Waals surface area contributed by atoms with Crippen LogP contribution in [0.2, 0.25) is 0 Å². The molecule has 1 aromatic heterocycles. The Morgan fingerprint density at radius 3 is 2.41 bits per heavy atom. The summed E-state index contributed by atoms with van der Waals surface area (Å²) in [5.74, 6) is -0.457. The van der Waals surface area contributed by atoms with Gasteiger partial charge in [0.25, 0.3) is 5.91 Å². The van der Waals surface area contributed by atoms with Crippen molar-refractivity contribution in [3.8, 4) is 5.75 Å². The molecule has 0 atom stereocenters. The normalized spacial score (nSPS) is 10.3. The number of amides is 2. The van der Waals surface area contributed by atoms with Crippen molar-refractivity contribution < 1.29 is 23.1 Å². The van der Waals surface area contributed by atoms with Gasteiger partial charge in [0, 0.05) is 5.56 Å². The summed E-state index contributed by atoms with van der Waals surface area (Å²) in [5, 5.41) is 0. The van der Waals surface area contributed by atoms with Gasteiger partial charge in [0.05, 0.1) is 0 Å². The fraction of sp³-hybridized carbons (Fsp3) is 0.100. The number of nitrogens with one attached hydrogen (secondary N) is 2. The lowest BCUT2D eigenvalue weighted by Gasteiger charge is -2.08. The van der Waals surface area contributed by atoms with Crippen LogP contribution in [0.4, 0.5) is 4.39 Å². The first-order valence-corrected chi connectivity index (χ1v) is 8.16. The SMILES string of the molecule is Cc1ccccc1C(=O)NNC(=O)c1ccc(COc2ccc(F)cc2)o1. The molecule has 0 saturated heterocycles. The number of hydrogen-bond donors (Lipinski definition) is 2. The molecule has 2 aromatic carbocycles. The summed E-state index contributed by atoms with van der Waals surface area (Å²) >= 11 is 0. The molecule has 0 aliphatic carbocycles. The highest BCUT2D eigenvalue weighted by Crippen LogP contribution is 2.15. The molecule has 2 N–H and O–H groups in total. The summed E-state index contributed by atoms with van der Waals surface area (Å²) < 4.78 is 23.7. The molecule has 3 aromatic rings. The van der Waals surface area contributed by atoms with E-state index in [1.807, 2.05) is 6.07 Å². The van der Waals surface area contributed by atoms with Crippen molar-refractivity contribution in [2.75, 3.05) is 0 Å². The number of hydrogen-bond acceptors (Lipinski definition) is 4. The van der Waals surface area contributed by atoms with E-state index in [-0.39, 0.29) is 18.2 Å². The molecule has 138 valence electrons. The van der Waals surface area contributed by atoms with E-state index in [0.717, 1.165) is 5.56 Å². The predicted octanol–water partition coefficient (Wildman–Crippen LogP) is 3.38. The zero-order chi connectivity index (χ0) is 19.2. The average molecular weight is 368 g/mol. The van der Waals surface area contributed by atoms with E-state index in [2.05, 4.69) is 10.9 Å². The van der Waals surface area contributed by atoms with Gasteiger partial charge >= 0.3 is 5.91 Å². The fourth-order valence-electron chi connectivity index (χ4n) is 2.33. The average Bonchev–Trinajstić information content (AvgIpc) is 3.15. The first-order chi connectivity index (χ1) is 13.0. The number of hydrazine groups is 1. The third kappa shape index (κ3) is 4.72. The Hall–Kier alpha value is -3.61. The summed E-state index contributed by atoms with van der Waals surface area (Å²) in [5.41, 5.74) is 5.91. The predicted molar refractivity (Wildman–Crippen MR) is 95.6 cm³/mol. The summed E-state index contributed by atoms with van der Waals surface area (Å²) in [6, 6.07) is 15.6. The second-order valence-corrected chi connectivity index (χ2v) is 5.73. The van der Waals surface area contributed by atoms with Gasteiger partial charge in [-0.15, -0.1) is 0 Å². The second kappa shape index (κ2) is 8.18. The van der Waals surface area contributed by atoms with Crippen molar-refractivity contribution in [3.63, 3.8) is 0 Å². The zero-order valence-corrected chi connectivity index (χ0v) is 14.5. The van der Waals surface area contributed by atoms with Crippen LogP contribution in [0, 0.1) is 12.7 Å². The molecule has 2 amide bonds. The van der Waals surface area contributed by atoms with Crippen LogP contribution in [-0.2, 0) is 6.61 Å². The Balaban J connectivity index is 1.53. The Kier molecular flexibility index (Phi) is 5.51. The van der Waals surface area contributed by atoms with Crippen LogP contribution in [0.3, 0.4) is 0 Å². The third-order valence-corrected chi connectivity index (χ3v) is 3.76. The van der Waals surface area contributed by atoms with Crippen molar-refractivity contribution in [2.24, 2.45) is 0 Å². The molecular formula is C20H17FN2O4. The van der Waals surface area contributed by atoms with E-state index < -0.39 is 11.8 Å². The number of ether oxygens (including phenoxy) is 1. The van der Waals surface area contributed by atoms with Crippen LogP contribution in [0.5, 0.6) is 5.75 Å². The van der Waals surface area contributed by atoms with Crippen LogP contribution < -0.4 is 15.6 Å². The molecule has 7 heteroatoms. The fourth-order valence-corrected chi connectivity index (χ4v) is 2.33. The molecule has 0 saturated carbocycles. The van der Waals surface area contributed by atoms with Crippen LogP contribution in [0.1, 0.15) is 32.2 Å². The molecule has 0 aliphatic rings. The van der Waals surface area contributed by atoms with Crippen LogP contribution in [0.15, 0.2) is 65.1 Å². The Morgan fingerprint density at radius 2 is 1.67 bits per heavy atom. The number of carbonyl (C=O) groups excluding carboxylic acids is 2. The maximum Gasteiger partial charge on any atom is 0.305 e. The Labute approximate surface area is 154 Å². The number of carbonyl (C=O) groups is 2. The molecule has 6 nitrogen and oxygen atoms in total. The number of aryl methyl sites for hydroxylation is 1. The van der Waals surface area contributed by atoms with E-state index in [4.69, 9.17) is 9.15 Å². The molecule has 0 unspecified atom stereocenters. The van der Waals surface area contributed by atoms with Crippen molar-refractivity contribution >= 4 is 11.8 Å². The molecule has 0 aliphatic heterocycles. The van der Waals surface area contributed by atoms with Gasteiger partial charge in [0.2, 0.25) is 0 Å². The number of benzene rings is 2. The van der Waals surface area contributed by atoms with Crippen LogP contribution in [-0.4, -0.2) is 11.8 Å². The minimum absolute atomic E-state index is 0.0257. The monoisotopic (exact) mass is 368 g/mol. The molecular weight excluding hydrogens is 351 g/mol.